The largest absolute Gasteiger partial charge is 0.350 e. The van der Waals surface area contributed by atoms with Gasteiger partial charge in [0, 0.05) is 24.8 Å². The zero-order chi connectivity index (χ0) is 19.3. The van der Waals surface area contributed by atoms with E-state index in [-0.39, 0.29) is 11.8 Å². The van der Waals surface area contributed by atoms with Gasteiger partial charge in [-0.1, -0.05) is 24.3 Å². The van der Waals surface area contributed by atoms with Crippen molar-refractivity contribution in [1.29, 1.82) is 0 Å². The van der Waals surface area contributed by atoms with Gasteiger partial charge in [-0.05, 0) is 42.8 Å². The predicted octanol–water partition coefficient (Wildman–Crippen LogP) is 3.24. The molecule has 0 aliphatic carbocycles. The van der Waals surface area contributed by atoms with Gasteiger partial charge in [0.15, 0.2) is 0 Å². The van der Waals surface area contributed by atoms with E-state index in [4.69, 9.17) is 0 Å². The molecule has 3 heterocycles. The molecule has 1 fully saturated rings. The Kier molecular flexibility index (Phi) is 5.53. The summed E-state index contributed by atoms with van der Waals surface area (Å²) in [5.41, 5.74) is 1.89. The van der Waals surface area contributed by atoms with Gasteiger partial charge in [-0.25, -0.2) is 4.68 Å². The second-order valence-corrected chi connectivity index (χ2v) is 7.78. The van der Waals surface area contributed by atoms with Crippen LogP contribution in [0.2, 0.25) is 0 Å². The number of benzene rings is 1. The second kappa shape index (κ2) is 8.39. The van der Waals surface area contributed by atoms with Crippen LogP contribution in [0.3, 0.4) is 0 Å². The maximum Gasteiger partial charge on any atom is 0.264 e. The van der Waals surface area contributed by atoms with Gasteiger partial charge >= 0.3 is 0 Å². The Balaban J connectivity index is 1.40. The first-order valence-corrected chi connectivity index (χ1v) is 10.3. The van der Waals surface area contributed by atoms with Gasteiger partial charge in [-0.3, -0.25) is 9.59 Å². The van der Waals surface area contributed by atoms with Crippen molar-refractivity contribution in [3.8, 4) is 5.69 Å². The lowest BCUT2D eigenvalue weighted by Gasteiger charge is -2.34. The highest BCUT2D eigenvalue weighted by Crippen LogP contribution is 2.22. The molecule has 1 atom stereocenters. The van der Waals surface area contributed by atoms with Crippen molar-refractivity contribution in [3.05, 3.63) is 70.7 Å². The van der Waals surface area contributed by atoms with Gasteiger partial charge in [0.2, 0.25) is 5.91 Å². The number of nitrogens with zero attached hydrogens (tertiary/aromatic N) is 3. The van der Waals surface area contributed by atoms with Crippen LogP contribution in [-0.2, 0) is 11.3 Å². The molecule has 0 spiro atoms. The van der Waals surface area contributed by atoms with Crippen LogP contribution in [0, 0.1) is 0 Å². The zero-order valence-corrected chi connectivity index (χ0v) is 16.3. The van der Waals surface area contributed by atoms with E-state index < -0.39 is 6.04 Å². The van der Waals surface area contributed by atoms with Crippen LogP contribution >= 0.6 is 11.3 Å². The summed E-state index contributed by atoms with van der Waals surface area (Å²) < 4.78 is 1.79. The van der Waals surface area contributed by atoms with Gasteiger partial charge in [-0.2, -0.15) is 5.10 Å². The minimum absolute atomic E-state index is 0.0493. The van der Waals surface area contributed by atoms with Crippen LogP contribution in [0.25, 0.3) is 5.69 Å². The van der Waals surface area contributed by atoms with E-state index in [1.165, 1.54) is 11.3 Å². The molecule has 144 valence electrons. The lowest BCUT2D eigenvalue weighted by Crippen LogP contribution is -2.51. The fourth-order valence-corrected chi connectivity index (χ4v) is 4.15. The number of carbonyl (C=O) groups is 2. The van der Waals surface area contributed by atoms with Crippen LogP contribution in [0.1, 0.15) is 34.5 Å². The van der Waals surface area contributed by atoms with Crippen LogP contribution in [0.15, 0.2) is 60.2 Å². The fraction of sp³-hybridized carbons (Fsp3) is 0.286. The first kappa shape index (κ1) is 18.4. The highest BCUT2D eigenvalue weighted by atomic mass is 32.1. The molecule has 7 heteroatoms. The summed E-state index contributed by atoms with van der Waals surface area (Å²) in [6.45, 7) is 1.02. The quantitative estimate of drug-likeness (QED) is 0.722. The van der Waals surface area contributed by atoms with Crippen molar-refractivity contribution in [2.45, 2.75) is 31.8 Å². The molecule has 4 rings (SSSR count). The molecule has 1 aliphatic heterocycles. The Morgan fingerprint density at radius 1 is 1.14 bits per heavy atom. The molecule has 6 nitrogen and oxygen atoms in total. The van der Waals surface area contributed by atoms with E-state index >= 15 is 0 Å². The topological polar surface area (TPSA) is 67.2 Å². The lowest BCUT2D eigenvalue weighted by molar-refractivity contribution is -0.126. The maximum atomic E-state index is 12.8. The van der Waals surface area contributed by atoms with Gasteiger partial charge in [0.25, 0.3) is 5.91 Å². The standard InChI is InChI=1S/C21H22N4O2S/c26-20(18-9-4-5-11-24(18)21(27)19-10-6-12-28-19)22-13-16-14-23-25(15-16)17-7-2-1-3-8-17/h1-3,6-8,10,12,14-15,18H,4-5,9,11,13H2,(H,22,26). The highest BCUT2D eigenvalue weighted by molar-refractivity contribution is 7.12. The summed E-state index contributed by atoms with van der Waals surface area (Å²) in [7, 11) is 0. The number of rotatable bonds is 5. The summed E-state index contributed by atoms with van der Waals surface area (Å²) in [4.78, 5) is 28.0. The summed E-state index contributed by atoms with van der Waals surface area (Å²) in [6.07, 6.45) is 6.25. The molecule has 2 aromatic heterocycles. The number of aromatic nitrogens is 2. The molecule has 1 aromatic carbocycles. The second-order valence-electron chi connectivity index (χ2n) is 6.83. The van der Waals surface area contributed by atoms with E-state index in [9.17, 15) is 9.59 Å². The fourth-order valence-electron chi connectivity index (χ4n) is 3.47. The third-order valence-corrected chi connectivity index (χ3v) is 5.78. The molecule has 2 amide bonds. The molecule has 1 saturated heterocycles. The summed E-state index contributed by atoms with van der Waals surface area (Å²) >= 11 is 1.42. The van der Waals surface area contributed by atoms with E-state index in [1.54, 1.807) is 15.8 Å². The molecule has 1 aliphatic rings. The SMILES string of the molecule is O=C(NCc1cnn(-c2ccccc2)c1)C1CCCCN1C(=O)c1cccs1. The number of hydrogen-bond donors (Lipinski definition) is 1. The number of nitrogens with one attached hydrogen (secondary N) is 1. The maximum absolute atomic E-state index is 12.8. The predicted molar refractivity (Wildman–Crippen MR) is 108 cm³/mol. The Morgan fingerprint density at radius 3 is 2.79 bits per heavy atom. The van der Waals surface area contributed by atoms with Crippen molar-refractivity contribution >= 4 is 23.2 Å². The monoisotopic (exact) mass is 394 g/mol. The minimum atomic E-state index is -0.410. The summed E-state index contributed by atoms with van der Waals surface area (Å²) in [5, 5.41) is 9.22. The first-order valence-electron chi connectivity index (χ1n) is 9.43. The smallest absolute Gasteiger partial charge is 0.264 e. The van der Waals surface area contributed by atoms with Crippen LogP contribution in [0.5, 0.6) is 0 Å². The van der Waals surface area contributed by atoms with E-state index in [0.29, 0.717) is 24.4 Å². The van der Waals surface area contributed by atoms with Gasteiger partial charge < -0.3 is 10.2 Å². The van der Waals surface area contributed by atoms with Crippen molar-refractivity contribution in [1.82, 2.24) is 20.0 Å². The number of para-hydroxylation sites is 1. The van der Waals surface area contributed by atoms with Crippen molar-refractivity contribution in [3.63, 3.8) is 0 Å². The zero-order valence-electron chi connectivity index (χ0n) is 15.5. The Labute approximate surface area is 167 Å². The first-order chi connectivity index (χ1) is 13.7. The van der Waals surface area contributed by atoms with Crippen molar-refractivity contribution in [2.75, 3.05) is 6.54 Å². The van der Waals surface area contributed by atoms with Crippen LogP contribution < -0.4 is 5.32 Å². The average Bonchev–Trinajstić information content (AvgIpc) is 3.44. The van der Waals surface area contributed by atoms with Gasteiger partial charge in [-0.15, -0.1) is 11.3 Å². The number of likely N-dealkylation sites (tertiary alicyclic amines) is 1. The third-order valence-electron chi connectivity index (χ3n) is 4.92. The molecule has 3 aromatic rings. The number of hydrogen-bond acceptors (Lipinski definition) is 4. The Hall–Kier alpha value is -2.93. The summed E-state index contributed by atoms with van der Waals surface area (Å²) in [6, 6.07) is 13.1. The van der Waals surface area contributed by atoms with E-state index in [1.807, 2.05) is 54.0 Å². The molecule has 1 unspecified atom stereocenters. The van der Waals surface area contributed by atoms with Gasteiger partial charge in [0.05, 0.1) is 16.8 Å². The van der Waals surface area contributed by atoms with E-state index in [0.717, 1.165) is 24.1 Å². The Morgan fingerprint density at radius 2 is 2.00 bits per heavy atom. The van der Waals surface area contributed by atoms with Gasteiger partial charge in [0.1, 0.15) is 6.04 Å². The number of piperidine rings is 1. The number of amides is 2. The molecular weight excluding hydrogens is 372 g/mol. The van der Waals surface area contributed by atoms with Crippen LogP contribution in [-0.4, -0.2) is 39.1 Å². The molecule has 0 bridgehead atoms. The number of thiophene rings is 1. The number of carbonyl (C=O) groups excluding carboxylic acids is 2. The normalized spacial score (nSPS) is 16.7. The van der Waals surface area contributed by atoms with Crippen molar-refractivity contribution < 1.29 is 9.59 Å². The average molecular weight is 395 g/mol. The minimum Gasteiger partial charge on any atom is -0.350 e. The molecule has 0 saturated carbocycles. The highest BCUT2D eigenvalue weighted by Gasteiger charge is 2.32. The summed E-state index contributed by atoms with van der Waals surface area (Å²) in [5.74, 6) is -0.149. The third kappa shape index (κ3) is 3.99. The Bertz CT molecular complexity index is 936. The van der Waals surface area contributed by atoms with Crippen molar-refractivity contribution in [2.24, 2.45) is 0 Å². The molecular formula is C21H22N4O2S. The lowest BCUT2D eigenvalue weighted by atomic mass is 10.0. The molecule has 1 N–H and O–H groups in total. The van der Waals surface area contributed by atoms with E-state index in [2.05, 4.69) is 10.4 Å². The molecule has 0 radical (unpaired) electrons. The molecule has 28 heavy (non-hydrogen) atoms. The van der Waals surface area contributed by atoms with Crippen LogP contribution in [0.4, 0.5) is 0 Å².